The zero-order valence-electron chi connectivity index (χ0n) is 8.96. The zero-order chi connectivity index (χ0) is 11.4. The summed E-state index contributed by atoms with van der Waals surface area (Å²) in [5.41, 5.74) is 6.10. The molecule has 1 atom stereocenters. The van der Waals surface area contributed by atoms with E-state index in [-0.39, 0.29) is 17.4 Å². The van der Waals surface area contributed by atoms with Crippen molar-refractivity contribution < 1.29 is 14.2 Å². The first-order valence-corrected chi connectivity index (χ1v) is 4.87. The van der Waals surface area contributed by atoms with Crippen LogP contribution in [0, 0.1) is 5.82 Å². The first-order chi connectivity index (χ1) is 7.11. The molecule has 3 nitrogen and oxygen atoms in total. The van der Waals surface area contributed by atoms with Crippen LogP contribution in [0.1, 0.15) is 24.8 Å². The lowest BCUT2D eigenvalue weighted by atomic mass is 9.96. The Labute approximate surface area is 88.7 Å². The fourth-order valence-corrected chi connectivity index (χ4v) is 1.56. The topological polar surface area (TPSA) is 55.5 Å². The van der Waals surface area contributed by atoms with E-state index >= 15 is 0 Å². The predicted octanol–water partition coefficient (Wildman–Crippen LogP) is 1.99. The fourth-order valence-electron chi connectivity index (χ4n) is 1.56. The molecule has 0 aromatic heterocycles. The van der Waals surface area contributed by atoms with Crippen molar-refractivity contribution in [1.82, 2.24) is 0 Å². The molecule has 0 saturated heterocycles. The summed E-state index contributed by atoms with van der Waals surface area (Å²) in [5, 5.41) is 9.76. The molecule has 0 radical (unpaired) electrons. The van der Waals surface area contributed by atoms with Crippen molar-refractivity contribution in [1.29, 1.82) is 0 Å². The van der Waals surface area contributed by atoms with Crippen LogP contribution in [-0.2, 0) is 0 Å². The van der Waals surface area contributed by atoms with E-state index in [1.165, 1.54) is 13.2 Å². The van der Waals surface area contributed by atoms with Crippen LogP contribution in [0.2, 0.25) is 0 Å². The Balaban J connectivity index is 3.09. The highest BCUT2D eigenvalue weighted by Crippen LogP contribution is 2.37. The third-order valence-electron chi connectivity index (χ3n) is 2.45. The van der Waals surface area contributed by atoms with Crippen molar-refractivity contribution >= 4 is 0 Å². The summed E-state index contributed by atoms with van der Waals surface area (Å²) in [6.07, 6.45) is 0.738. The van der Waals surface area contributed by atoms with Gasteiger partial charge < -0.3 is 15.6 Å². The average molecular weight is 213 g/mol. The van der Waals surface area contributed by atoms with Gasteiger partial charge in [0, 0.05) is 5.56 Å². The molecule has 1 aromatic rings. The van der Waals surface area contributed by atoms with E-state index in [2.05, 4.69) is 0 Å². The van der Waals surface area contributed by atoms with E-state index < -0.39 is 5.82 Å². The number of benzene rings is 1. The van der Waals surface area contributed by atoms with E-state index in [1.807, 2.05) is 6.92 Å². The number of hydrogen-bond donors (Lipinski definition) is 2. The summed E-state index contributed by atoms with van der Waals surface area (Å²) in [5.74, 6) is -0.696. The highest BCUT2D eigenvalue weighted by atomic mass is 19.1. The highest BCUT2D eigenvalue weighted by molar-refractivity contribution is 5.47. The largest absolute Gasteiger partial charge is 0.504 e. The number of ether oxygens (including phenoxy) is 1. The highest BCUT2D eigenvalue weighted by Gasteiger charge is 2.16. The van der Waals surface area contributed by atoms with Gasteiger partial charge in [0.2, 0.25) is 0 Å². The number of hydrogen-bond acceptors (Lipinski definition) is 3. The normalized spacial score (nSPS) is 12.5. The summed E-state index contributed by atoms with van der Waals surface area (Å²) in [6, 6.07) is 2.86. The minimum absolute atomic E-state index is 0.0875. The Kier molecular flexibility index (Phi) is 3.91. The lowest BCUT2D eigenvalue weighted by Crippen LogP contribution is -2.05. The van der Waals surface area contributed by atoms with Gasteiger partial charge in [0.25, 0.3) is 0 Å². The first kappa shape index (κ1) is 11.8. The molecule has 0 aliphatic rings. The molecule has 3 N–H and O–H groups in total. The van der Waals surface area contributed by atoms with Gasteiger partial charge in [-0.2, -0.15) is 0 Å². The minimum Gasteiger partial charge on any atom is -0.504 e. The lowest BCUT2D eigenvalue weighted by molar-refractivity contribution is 0.347. The van der Waals surface area contributed by atoms with Crippen LogP contribution in [0.4, 0.5) is 4.39 Å². The van der Waals surface area contributed by atoms with Crippen molar-refractivity contribution in [3.63, 3.8) is 0 Å². The van der Waals surface area contributed by atoms with Gasteiger partial charge >= 0.3 is 0 Å². The summed E-state index contributed by atoms with van der Waals surface area (Å²) in [7, 11) is 1.33. The first-order valence-electron chi connectivity index (χ1n) is 4.87. The van der Waals surface area contributed by atoms with Crippen LogP contribution in [0.25, 0.3) is 0 Å². The molecule has 0 bridgehead atoms. The minimum atomic E-state index is -0.557. The second-order valence-electron chi connectivity index (χ2n) is 3.50. The van der Waals surface area contributed by atoms with Gasteiger partial charge in [-0.25, -0.2) is 4.39 Å². The van der Waals surface area contributed by atoms with Gasteiger partial charge in [0.05, 0.1) is 7.11 Å². The number of phenols is 1. The van der Waals surface area contributed by atoms with E-state index in [4.69, 9.17) is 10.5 Å². The molecule has 15 heavy (non-hydrogen) atoms. The number of methoxy groups -OCH3 is 1. The van der Waals surface area contributed by atoms with Gasteiger partial charge in [-0.3, -0.25) is 0 Å². The van der Waals surface area contributed by atoms with E-state index in [9.17, 15) is 9.50 Å². The molecule has 84 valence electrons. The number of phenolic OH excluding ortho intramolecular Hbond substituents is 1. The van der Waals surface area contributed by atoms with Gasteiger partial charge in [-0.05, 0) is 24.9 Å². The number of halogens is 1. The third kappa shape index (κ3) is 2.39. The van der Waals surface area contributed by atoms with E-state index in [0.29, 0.717) is 12.1 Å². The number of aromatic hydroxyl groups is 1. The van der Waals surface area contributed by atoms with Crippen molar-refractivity contribution in [3.8, 4) is 11.5 Å². The van der Waals surface area contributed by atoms with Crippen molar-refractivity contribution in [3.05, 3.63) is 23.5 Å². The molecule has 0 heterocycles. The van der Waals surface area contributed by atoms with Crippen LogP contribution >= 0.6 is 0 Å². The standard InChI is InChI=1S/C11H16FNO2/c1-7(5-6-13)8-3-4-9(12)11(15-2)10(8)14/h3-4,7,14H,5-6,13H2,1-2H3. The fraction of sp³-hybridized carbons (Fsp3) is 0.455. The third-order valence-corrected chi connectivity index (χ3v) is 2.45. The van der Waals surface area contributed by atoms with Gasteiger partial charge in [-0.1, -0.05) is 13.0 Å². The number of rotatable bonds is 4. The monoisotopic (exact) mass is 213 g/mol. The molecule has 1 rings (SSSR count). The van der Waals surface area contributed by atoms with Crippen molar-refractivity contribution in [2.24, 2.45) is 5.73 Å². The van der Waals surface area contributed by atoms with Gasteiger partial charge in [0.15, 0.2) is 17.3 Å². The molecular weight excluding hydrogens is 197 g/mol. The van der Waals surface area contributed by atoms with Crippen LogP contribution < -0.4 is 10.5 Å². The SMILES string of the molecule is COc1c(F)ccc(C(C)CCN)c1O. The second kappa shape index (κ2) is 4.98. The molecule has 1 aromatic carbocycles. The Bertz CT molecular complexity index is 342. The molecular formula is C11H16FNO2. The Morgan fingerprint density at radius 3 is 2.73 bits per heavy atom. The van der Waals surface area contributed by atoms with Crippen LogP contribution in [0.3, 0.4) is 0 Å². The van der Waals surface area contributed by atoms with Crippen LogP contribution in [0.15, 0.2) is 12.1 Å². The summed E-state index contributed by atoms with van der Waals surface area (Å²) >= 11 is 0. The summed E-state index contributed by atoms with van der Waals surface area (Å²) < 4.78 is 18.0. The maximum atomic E-state index is 13.2. The van der Waals surface area contributed by atoms with Crippen LogP contribution in [0.5, 0.6) is 11.5 Å². The second-order valence-corrected chi connectivity index (χ2v) is 3.50. The summed E-state index contributed by atoms with van der Waals surface area (Å²) in [6.45, 7) is 2.46. The smallest absolute Gasteiger partial charge is 0.196 e. The van der Waals surface area contributed by atoms with Gasteiger partial charge in [-0.15, -0.1) is 0 Å². The van der Waals surface area contributed by atoms with Crippen LogP contribution in [-0.4, -0.2) is 18.8 Å². The van der Waals surface area contributed by atoms with Gasteiger partial charge in [0.1, 0.15) is 0 Å². The summed E-state index contributed by atoms with van der Waals surface area (Å²) in [4.78, 5) is 0. The van der Waals surface area contributed by atoms with Crippen molar-refractivity contribution in [2.75, 3.05) is 13.7 Å². The lowest BCUT2D eigenvalue weighted by Gasteiger charge is -2.14. The number of nitrogens with two attached hydrogens (primary N) is 1. The zero-order valence-corrected chi connectivity index (χ0v) is 8.96. The predicted molar refractivity (Wildman–Crippen MR) is 56.7 cm³/mol. The molecule has 0 aliphatic heterocycles. The maximum Gasteiger partial charge on any atom is 0.196 e. The molecule has 0 amide bonds. The Morgan fingerprint density at radius 2 is 2.20 bits per heavy atom. The van der Waals surface area contributed by atoms with Crippen molar-refractivity contribution in [2.45, 2.75) is 19.3 Å². The molecule has 0 saturated carbocycles. The molecule has 0 spiro atoms. The Hall–Kier alpha value is -1.29. The van der Waals surface area contributed by atoms with E-state index in [1.54, 1.807) is 6.07 Å². The Morgan fingerprint density at radius 1 is 1.53 bits per heavy atom. The molecule has 0 fully saturated rings. The quantitative estimate of drug-likeness (QED) is 0.804. The molecule has 1 unspecified atom stereocenters. The molecule has 0 aliphatic carbocycles. The molecule has 4 heteroatoms. The van der Waals surface area contributed by atoms with E-state index in [0.717, 1.165) is 6.42 Å². The maximum absolute atomic E-state index is 13.2. The average Bonchev–Trinajstić information content (AvgIpc) is 2.18.